The average Bonchev–Trinajstić information content (AvgIpc) is 2.95. The van der Waals surface area contributed by atoms with Gasteiger partial charge in [0.25, 0.3) is 5.91 Å². The van der Waals surface area contributed by atoms with Gasteiger partial charge in [0.1, 0.15) is 11.6 Å². The second kappa shape index (κ2) is 7.49. The summed E-state index contributed by atoms with van der Waals surface area (Å²) in [6.45, 7) is 5.08. The van der Waals surface area contributed by atoms with Crippen molar-refractivity contribution in [1.82, 2.24) is 9.88 Å². The minimum absolute atomic E-state index is 0.109. The van der Waals surface area contributed by atoms with Gasteiger partial charge < -0.3 is 4.90 Å². The van der Waals surface area contributed by atoms with Gasteiger partial charge in [0.15, 0.2) is 5.13 Å². The number of carbonyl (C=O) groups excluding carboxylic acids is 2. The van der Waals surface area contributed by atoms with Crippen molar-refractivity contribution in [2.75, 3.05) is 11.9 Å². The lowest BCUT2D eigenvalue weighted by molar-refractivity contribution is -0.132. The fraction of sp³-hybridized carbons (Fsp3) is 0.389. The summed E-state index contributed by atoms with van der Waals surface area (Å²) < 4.78 is 26.7. The van der Waals surface area contributed by atoms with Gasteiger partial charge in [-0.3, -0.25) is 14.9 Å². The Morgan fingerprint density at radius 1 is 1.35 bits per heavy atom. The molecule has 1 aliphatic heterocycles. The number of halogens is 2. The number of hydrogen-bond donors (Lipinski definition) is 1. The van der Waals surface area contributed by atoms with Crippen LogP contribution in [0.5, 0.6) is 0 Å². The molecule has 0 atom stereocenters. The molecule has 26 heavy (non-hydrogen) atoms. The van der Waals surface area contributed by atoms with Crippen LogP contribution in [-0.4, -0.2) is 28.2 Å². The van der Waals surface area contributed by atoms with Crippen LogP contribution in [0.2, 0.25) is 0 Å². The van der Waals surface area contributed by atoms with E-state index in [2.05, 4.69) is 10.3 Å². The molecule has 8 heteroatoms. The molecule has 0 bridgehead atoms. The van der Waals surface area contributed by atoms with Crippen molar-refractivity contribution >= 4 is 28.3 Å². The summed E-state index contributed by atoms with van der Waals surface area (Å²) in [5.74, 6) is -1.94. The van der Waals surface area contributed by atoms with Crippen LogP contribution >= 0.6 is 11.3 Å². The smallest absolute Gasteiger partial charge is 0.260 e. The number of nitrogens with zero attached hydrogens (tertiary/aromatic N) is 2. The molecule has 1 aromatic heterocycles. The minimum Gasteiger partial charge on any atom is -0.337 e. The molecule has 138 valence electrons. The van der Waals surface area contributed by atoms with Crippen molar-refractivity contribution in [3.05, 3.63) is 46.0 Å². The van der Waals surface area contributed by atoms with E-state index in [0.29, 0.717) is 43.0 Å². The second-order valence-corrected chi connectivity index (χ2v) is 7.71. The Kier molecular flexibility index (Phi) is 5.31. The fourth-order valence-corrected chi connectivity index (χ4v) is 3.80. The molecule has 0 radical (unpaired) electrons. The largest absolute Gasteiger partial charge is 0.337 e. The number of hydrogen-bond acceptors (Lipinski definition) is 4. The molecule has 2 amide bonds. The van der Waals surface area contributed by atoms with E-state index in [9.17, 15) is 18.4 Å². The maximum atomic E-state index is 13.7. The van der Waals surface area contributed by atoms with E-state index in [-0.39, 0.29) is 11.5 Å². The van der Waals surface area contributed by atoms with E-state index in [4.69, 9.17) is 0 Å². The van der Waals surface area contributed by atoms with Gasteiger partial charge in [-0.25, -0.2) is 13.8 Å². The molecule has 2 aromatic rings. The normalized spacial score (nSPS) is 13.7. The Morgan fingerprint density at radius 2 is 2.12 bits per heavy atom. The maximum Gasteiger partial charge on any atom is 0.260 e. The van der Waals surface area contributed by atoms with Gasteiger partial charge in [0.05, 0.1) is 17.8 Å². The van der Waals surface area contributed by atoms with Crippen molar-refractivity contribution in [2.24, 2.45) is 5.92 Å². The third kappa shape index (κ3) is 4.07. The second-order valence-electron chi connectivity index (χ2n) is 6.63. The molecule has 3 rings (SSSR count). The van der Waals surface area contributed by atoms with Crippen molar-refractivity contribution in [1.29, 1.82) is 0 Å². The molecular formula is C18H19F2N3O2S. The number of carbonyl (C=O) groups is 2. The van der Waals surface area contributed by atoms with Crippen LogP contribution in [0.3, 0.4) is 0 Å². The lowest BCUT2D eigenvalue weighted by Gasteiger charge is -2.26. The van der Waals surface area contributed by atoms with Gasteiger partial charge in [-0.2, -0.15) is 0 Å². The maximum absolute atomic E-state index is 13.7. The SMILES string of the molecule is CC(C)CC(=O)N1CCc2nc(NC(=O)c3ccc(F)cc3F)sc2C1. The highest BCUT2D eigenvalue weighted by Crippen LogP contribution is 2.29. The molecular weight excluding hydrogens is 360 g/mol. The summed E-state index contributed by atoms with van der Waals surface area (Å²) in [6, 6.07) is 2.79. The number of benzene rings is 1. The van der Waals surface area contributed by atoms with E-state index >= 15 is 0 Å². The average molecular weight is 379 g/mol. The number of thiazole rings is 1. The Bertz CT molecular complexity index is 851. The molecule has 0 spiro atoms. The van der Waals surface area contributed by atoms with Crippen LogP contribution in [0.25, 0.3) is 0 Å². The number of amides is 2. The minimum atomic E-state index is -0.922. The van der Waals surface area contributed by atoms with Gasteiger partial charge in [-0.1, -0.05) is 25.2 Å². The third-order valence-electron chi connectivity index (χ3n) is 4.06. The number of fused-ring (bicyclic) bond motifs is 1. The first-order valence-electron chi connectivity index (χ1n) is 8.36. The molecule has 0 saturated heterocycles. The summed E-state index contributed by atoms with van der Waals surface area (Å²) in [7, 11) is 0. The zero-order valence-corrected chi connectivity index (χ0v) is 15.3. The van der Waals surface area contributed by atoms with Crippen LogP contribution in [0, 0.1) is 17.6 Å². The molecule has 0 fully saturated rings. The van der Waals surface area contributed by atoms with Crippen LogP contribution in [0.15, 0.2) is 18.2 Å². The van der Waals surface area contributed by atoms with Crippen molar-refractivity contribution in [2.45, 2.75) is 33.2 Å². The monoisotopic (exact) mass is 379 g/mol. The lowest BCUT2D eigenvalue weighted by atomic mass is 10.1. The third-order valence-corrected chi connectivity index (χ3v) is 5.06. The molecule has 0 saturated carbocycles. The molecule has 1 N–H and O–H groups in total. The Morgan fingerprint density at radius 3 is 2.81 bits per heavy atom. The predicted molar refractivity (Wildman–Crippen MR) is 95.0 cm³/mol. The number of aromatic nitrogens is 1. The molecule has 1 aromatic carbocycles. The lowest BCUT2D eigenvalue weighted by Crippen LogP contribution is -2.36. The fourth-order valence-electron chi connectivity index (χ4n) is 2.78. The van der Waals surface area contributed by atoms with E-state index in [1.165, 1.54) is 11.3 Å². The van der Waals surface area contributed by atoms with Gasteiger partial charge in [0, 0.05) is 30.3 Å². The Hall–Kier alpha value is -2.35. The first kappa shape index (κ1) is 18.4. The standard InChI is InChI=1S/C18H19F2N3O2S/c1-10(2)7-16(24)23-6-5-14-15(9-23)26-18(21-14)22-17(25)12-4-3-11(19)8-13(12)20/h3-4,8,10H,5-7,9H2,1-2H3,(H,21,22,25). The van der Waals surface area contributed by atoms with Gasteiger partial charge in [0.2, 0.25) is 5.91 Å². The number of rotatable bonds is 4. The van der Waals surface area contributed by atoms with Crippen LogP contribution in [0.4, 0.5) is 13.9 Å². The summed E-state index contributed by atoms with van der Waals surface area (Å²) in [5, 5.41) is 2.90. The summed E-state index contributed by atoms with van der Waals surface area (Å²) in [6.07, 6.45) is 1.12. The quantitative estimate of drug-likeness (QED) is 0.883. The van der Waals surface area contributed by atoms with E-state index in [0.717, 1.165) is 22.7 Å². The van der Waals surface area contributed by atoms with Gasteiger partial charge in [-0.05, 0) is 18.1 Å². The van der Waals surface area contributed by atoms with E-state index < -0.39 is 17.5 Å². The van der Waals surface area contributed by atoms with Crippen molar-refractivity contribution in [3.63, 3.8) is 0 Å². The zero-order valence-electron chi connectivity index (χ0n) is 14.5. The molecule has 0 aliphatic carbocycles. The molecule has 1 aliphatic rings. The van der Waals surface area contributed by atoms with Crippen molar-refractivity contribution < 1.29 is 18.4 Å². The Labute approximate surface area is 154 Å². The van der Waals surface area contributed by atoms with Gasteiger partial charge in [-0.15, -0.1) is 0 Å². The zero-order chi connectivity index (χ0) is 18.8. The van der Waals surface area contributed by atoms with Crippen LogP contribution < -0.4 is 5.32 Å². The van der Waals surface area contributed by atoms with E-state index in [1.54, 1.807) is 4.90 Å². The topological polar surface area (TPSA) is 62.3 Å². The van der Waals surface area contributed by atoms with E-state index in [1.807, 2.05) is 13.8 Å². The number of nitrogens with one attached hydrogen (secondary N) is 1. The van der Waals surface area contributed by atoms with Crippen LogP contribution in [-0.2, 0) is 17.8 Å². The summed E-state index contributed by atoms with van der Waals surface area (Å²) >= 11 is 1.27. The summed E-state index contributed by atoms with van der Waals surface area (Å²) in [4.78, 5) is 31.5. The molecule has 2 heterocycles. The Balaban J connectivity index is 1.70. The molecule has 5 nitrogen and oxygen atoms in total. The summed E-state index contributed by atoms with van der Waals surface area (Å²) in [5.41, 5.74) is 0.604. The molecule has 0 unspecified atom stereocenters. The van der Waals surface area contributed by atoms with Crippen molar-refractivity contribution in [3.8, 4) is 0 Å². The van der Waals surface area contributed by atoms with Crippen LogP contribution in [0.1, 0.15) is 41.2 Å². The number of anilines is 1. The highest BCUT2D eigenvalue weighted by Gasteiger charge is 2.25. The first-order valence-corrected chi connectivity index (χ1v) is 9.18. The van der Waals surface area contributed by atoms with Gasteiger partial charge >= 0.3 is 0 Å². The highest BCUT2D eigenvalue weighted by molar-refractivity contribution is 7.15. The predicted octanol–water partition coefficient (Wildman–Crippen LogP) is 3.60. The highest BCUT2D eigenvalue weighted by atomic mass is 32.1. The first-order chi connectivity index (χ1) is 12.3.